The Labute approximate surface area is 115 Å². The first-order valence-corrected chi connectivity index (χ1v) is 6.39. The molecule has 2 rings (SSSR count). The van der Waals surface area contributed by atoms with Crippen molar-refractivity contribution in [3.63, 3.8) is 0 Å². The van der Waals surface area contributed by atoms with Crippen LogP contribution >= 0.6 is 15.9 Å². The largest absolute Gasteiger partial charge is 0.439 e. The van der Waals surface area contributed by atoms with Crippen molar-refractivity contribution in [3.05, 3.63) is 51.6 Å². The molecule has 94 valence electrons. The summed E-state index contributed by atoms with van der Waals surface area (Å²) in [4.78, 5) is 4.17. The van der Waals surface area contributed by atoms with E-state index in [0.29, 0.717) is 11.4 Å². The normalized spacial score (nSPS) is 10.4. The lowest BCUT2D eigenvalue weighted by atomic mass is 10.1. The molecule has 0 spiro atoms. The Morgan fingerprint density at radius 3 is 2.44 bits per heavy atom. The van der Waals surface area contributed by atoms with Gasteiger partial charge < -0.3 is 9.84 Å². The van der Waals surface area contributed by atoms with Crippen molar-refractivity contribution in [2.75, 3.05) is 0 Å². The summed E-state index contributed by atoms with van der Waals surface area (Å²) in [5, 5.41) is 9.29. The predicted molar refractivity (Wildman–Crippen MR) is 73.8 cm³/mol. The van der Waals surface area contributed by atoms with Crippen LogP contribution in [0, 0.1) is 13.8 Å². The summed E-state index contributed by atoms with van der Waals surface area (Å²) in [5.74, 6) is 1.17. The Morgan fingerprint density at radius 1 is 1.17 bits per heavy atom. The van der Waals surface area contributed by atoms with Crippen LogP contribution in [0.2, 0.25) is 0 Å². The number of hydrogen-bond acceptors (Lipinski definition) is 3. The van der Waals surface area contributed by atoms with Crippen LogP contribution in [-0.4, -0.2) is 10.1 Å². The minimum atomic E-state index is -0.105. The quantitative estimate of drug-likeness (QED) is 0.939. The van der Waals surface area contributed by atoms with E-state index >= 15 is 0 Å². The van der Waals surface area contributed by atoms with Crippen molar-refractivity contribution in [3.8, 4) is 11.6 Å². The van der Waals surface area contributed by atoms with Gasteiger partial charge >= 0.3 is 0 Å². The lowest BCUT2D eigenvalue weighted by molar-refractivity contribution is 0.275. The number of aryl methyl sites for hydroxylation is 2. The van der Waals surface area contributed by atoms with E-state index in [0.717, 1.165) is 21.3 Å². The maximum absolute atomic E-state index is 9.29. The molecule has 0 amide bonds. The molecule has 0 bridgehead atoms. The van der Waals surface area contributed by atoms with Gasteiger partial charge in [0.25, 0.3) is 0 Å². The molecule has 1 aromatic carbocycles. The van der Waals surface area contributed by atoms with Crippen molar-refractivity contribution in [2.45, 2.75) is 20.5 Å². The Hall–Kier alpha value is -1.39. The van der Waals surface area contributed by atoms with Gasteiger partial charge in [-0.1, -0.05) is 6.07 Å². The molecule has 4 heteroatoms. The van der Waals surface area contributed by atoms with Crippen molar-refractivity contribution in [2.24, 2.45) is 0 Å². The van der Waals surface area contributed by atoms with Gasteiger partial charge in [-0.15, -0.1) is 0 Å². The van der Waals surface area contributed by atoms with Crippen molar-refractivity contribution >= 4 is 15.9 Å². The third-order valence-electron chi connectivity index (χ3n) is 2.47. The fraction of sp³-hybridized carbons (Fsp3) is 0.214. The van der Waals surface area contributed by atoms with Crippen molar-refractivity contribution in [1.82, 2.24) is 4.98 Å². The summed E-state index contributed by atoms with van der Waals surface area (Å²) < 4.78 is 6.54. The maximum atomic E-state index is 9.29. The molecule has 0 aliphatic heterocycles. The number of aromatic nitrogens is 1. The molecule has 0 unspecified atom stereocenters. The first-order valence-electron chi connectivity index (χ1n) is 5.60. The smallest absolute Gasteiger partial charge is 0.224 e. The second-order valence-corrected chi connectivity index (χ2v) is 5.12. The van der Waals surface area contributed by atoms with Gasteiger partial charge in [-0.3, -0.25) is 0 Å². The van der Waals surface area contributed by atoms with Gasteiger partial charge in [0.2, 0.25) is 5.88 Å². The summed E-state index contributed by atoms with van der Waals surface area (Å²) in [6.45, 7) is 3.93. The van der Waals surface area contributed by atoms with Crippen molar-refractivity contribution in [1.29, 1.82) is 0 Å². The van der Waals surface area contributed by atoms with Gasteiger partial charge in [0.15, 0.2) is 0 Å². The van der Waals surface area contributed by atoms with Crippen LogP contribution in [0.4, 0.5) is 0 Å². The molecule has 1 heterocycles. The van der Waals surface area contributed by atoms with Crippen molar-refractivity contribution < 1.29 is 9.84 Å². The van der Waals surface area contributed by atoms with E-state index in [9.17, 15) is 5.11 Å². The number of nitrogens with zero attached hydrogens (tertiary/aromatic N) is 1. The second-order valence-electron chi connectivity index (χ2n) is 4.20. The topological polar surface area (TPSA) is 42.4 Å². The molecule has 0 saturated carbocycles. The summed E-state index contributed by atoms with van der Waals surface area (Å²) >= 11 is 3.32. The Bertz CT molecular complexity index is 549. The summed E-state index contributed by atoms with van der Waals surface area (Å²) in [6, 6.07) is 7.76. The molecular formula is C14H14BrNO2. The number of ether oxygens (including phenoxy) is 1. The van der Waals surface area contributed by atoms with E-state index in [1.807, 2.05) is 26.0 Å². The number of aliphatic hydroxyl groups excluding tert-OH is 1. The number of aliphatic hydroxyl groups is 1. The zero-order valence-corrected chi connectivity index (χ0v) is 11.9. The molecule has 2 aromatic rings. The fourth-order valence-electron chi connectivity index (χ4n) is 1.78. The van der Waals surface area contributed by atoms with E-state index < -0.39 is 0 Å². The Morgan fingerprint density at radius 2 is 1.83 bits per heavy atom. The predicted octanol–water partition coefficient (Wildman–Crippen LogP) is 3.75. The van der Waals surface area contributed by atoms with Crippen LogP contribution in [0.25, 0.3) is 0 Å². The molecule has 0 fully saturated rings. The number of halogens is 1. The molecule has 0 radical (unpaired) electrons. The van der Waals surface area contributed by atoms with Crippen LogP contribution in [0.3, 0.4) is 0 Å². The van der Waals surface area contributed by atoms with Gasteiger partial charge in [0.1, 0.15) is 5.75 Å². The molecule has 1 aromatic heterocycles. The zero-order chi connectivity index (χ0) is 13.1. The third-order valence-corrected chi connectivity index (χ3v) is 2.91. The lowest BCUT2D eigenvalue weighted by Crippen LogP contribution is -1.95. The van der Waals surface area contributed by atoms with Crippen LogP contribution in [-0.2, 0) is 6.61 Å². The van der Waals surface area contributed by atoms with E-state index in [1.165, 1.54) is 0 Å². The van der Waals surface area contributed by atoms with E-state index in [-0.39, 0.29) is 6.61 Å². The summed E-state index contributed by atoms with van der Waals surface area (Å²) in [6.07, 6.45) is 1.65. The minimum Gasteiger partial charge on any atom is -0.439 e. The molecule has 18 heavy (non-hydrogen) atoms. The highest BCUT2D eigenvalue weighted by molar-refractivity contribution is 9.10. The monoisotopic (exact) mass is 307 g/mol. The van der Waals surface area contributed by atoms with Gasteiger partial charge in [0.05, 0.1) is 6.61 Å². The standard InChI is InChI=1S/C14H14BrNO2/c1-9-3-10(2)5-13(4-9)18-14-11(8-17)6-12(15)7-16-14/h3-7,17H,8H2,1-2H3. The highest BCUT2D eigenvalue weighted by Crippen LogP contribution is 2.26. The minimum absolute atomic E-state index is 0.105. The number of hydrogen-bond donors (Lipinski definition) is 1. The average Bonchev–Trinajstić information content (AvgIpc) is 2.30. The van der Waals surface area contributed by atoms with Gasteiger partial charge in [-0.2, -0.15) is 0 Å². The molecular weight excluding hydrogens is 294 g/mol. The SMILES string of the molecule is Cc1cc(C)cc(Oc2ncc(Br)cc2CO)c1. The molecule has 0 atom stereocenters. The highest BCUT2D eigenvalue weighted by atomic mass is 79.9. The van der Waals surface area contributed by atoms with Crippen LogP contribution < -0.4 is 4.74 Å². The van der Waals surface area contributed by atoms with Gasteiger partial charge in [0, 0.05) is 16.2 Å². The number of pyridine rings is 1. The molecule has 0 aliphatic carbocycles. The first-order chi connectivity index (χ1) is 8.58. The fourth-order valence-corrected chi connectivity index (χ4v) is 2.16. The maximum Gasteiger partial charge on any atom is 0.224 e. The molecule has 1 N–H and O–H groups in total. The summed E-state index contributed by atoms with van der Waals surface area (Å²) in [7, 11) is 0. The third kappa shape index (κ3) is 3.09. The summed E-state index contributed by atoms with van der Waals surface area (Å²) in [5.41, 5.74) is 2.92. The van der Waals surface area contributed by atoms with Crippen LogP contribution in [0.1, 0.15) is 16.7 Å². The Kier molecular flexibility index (Phi) is 3.99. The lowest BCUT2D eigenvalue weighted by Gasteiger charge is -2.10. The average molecular weight is 308 g/mol. The molecule has 0 saturated heterocycles. The molecule has 3 nitrogen and oxygen atoms in total. The first kappa shape index (κ1) is 13.1. The highest BCUT2D eigenvalue weighted by Gasteiger charge is 2.07. The molecule has 0 aliphatic rings. The van der Waals surface area contributed by atoms with Gasteiger partial charge in [-0.25, -0.2) is 4.98 Å². The van der Waals surface area contributed by atoms with Crippen LogP contribution in [0.15, 0.2) is 34.9 Å². The second kappa shape index (κ2) is 5.50. The Balaban J connectivity index is 2.33. The zero-order valence-electron chi connectivity index (χ0n) is 10.3. The number of benzene rings is 1. The van der Waals surface area contributed by atoms with E-state index in [4.69, 9.17) is 4.74 Å². The van der Waals surface area contributed by atoms with E-state index in [1.54, 1.807) is 12.3 Å². The number of rotatable bonds is 3. The van der Waals surface area contributed by atoms with E-state index in [2.05, 4.69) is 27.0 Å². The van der Waals surface area contributed by atoms with Crippen LogP contribution in [0.5, 0.6) is 11.6 Å². The van der Waals surface area contributed by atoms with Gasteiger partial charge in [-0.05, 0) is 59.1 Å².